The van der Waals surface area contributed by atoms with Crippen LogP contribution in [0.25, 0.3) is 0 Å². The average molecular weight is 294 g/mol. The summed E-state index contributed by atoms with van der Waals surface area (Å²) in [4.78, 5) is 0. The zero-order valence-electron chi connectivity index (χ0n) is 10.7. The molecule has 0 aliphatic heterocycles. The molecule has 0 spiro atoms. The molecule has 21 heavy (non-hydrogen) atoms. The van der Waals surface area contributed by atoms with Crippen molar-refractivity contribution in [2.75, 3.05) is 0 Å². The molecule has 4 aromatic rings. The Bertz CT molecular complexity index is 356. The van der Waals surface area contributed by atoms with Gasteiger partial charge in [0.25, 0.3) is 0 Å². The predicted molar refractivity (Wildman–Crippen MR) is 69.1 cm³/mol. The second-order valence-electron chi connectivity index (χ2n) is 2.64. The molecule has 13 heteroatoms. The van der Waals surface area contributed by atoms with Gasteiger partial charge in [0.05, 0.1) is 24.8 Å². The van der Waals surface area contributed by atoms with Crippen molar-refractivity contribution in [1.82, 2.24) is 61.6 Å². The Morgan fingerprint density at radius 1 is 0.429 bits per heavy atom. The summed E-state index contributed by atoms with van der Waals surface area (Å²) in [5.41, 5.74) is 0. The minimum atomic E-state index is 0. The van der Waals surface area contributed by atoms with E-state index in [0.29, 0.717) is 0 Å². The van der Waals surface area contributed by atoms with Gasteiger partial charge in [-0.15, -0.1) is 20.4 Å². The Balaban J connectivity index is 0.000000250. The Labute approximate surface area is 117 Å². The Morgan fingerprint density at radius 2 is 0.667 bits per heavy atom. The zero-order chi connectivity index (χ0) is 14.1. The molecular formula is C8H14N12O. The minimum absolute atomic E-state index is 0. The highest BCUT2D eigenvalue weighted by atomic mass is 16.0. The number of nitrogens with one attached hydrogen (secondary N) is 4. The van der Waals surface area contributed by atoms with Crippen LogP contribution in [0.3, 0.4) is 0 Å². The van der Waals surface area contributed by atoms with Crippen molar-refractivity contribution >= 4 is 0 Å². The second-order valence-corrected chi connectivity index (χ2v) is 2.64. The molecule has 0 atom stereocenters. The molecule has 4 rings (SSSR count). The van der Waals surface area contributed by atoms with Crippen molar-refractivity contribution in [2.45, 2.75) is 0 Å². The highest BCUT2D eigenvalue weighted by molar-refractivity contribution is 4.56. The van der Waals surface area contributed by atoms with Crippen molar-refractivity contribution in [3.05, 3.63) is 49.6 Å². The van der Waals surface area contributed by atoms with Gasteiger partial charge in [-0.1, -0.05) is 20.9 Å². The van der Waals surface area contributed by atoms with E-state index < -0.39 is 0 Å². The van der Waals surface area contributed by atoms with E-state index in [4.69, 9.17) is 0 Å². The maximum absolute atomic E-state index is 3.42. The van der Waals surface area contributed by atoms with E-state index in [1.54, 1.807) is 49.6 Å². The van der Waals surface area contributed by atoms with Crippen molar-refractivity contribution in [3.8, 4) is 0 Å². The van der Waals surface area contributed by atoms with Crippen molar-refractivity contribution in [1.29, 1.82) is 0 Å². The summed E-state index contributed by atoms with van der Waals surface area (Å²) >= 11 is 0. The standard InChI is InChI=1S/4C2H3N3.H2O/c4*1-2-4-5-3-1;/h4*1-2H,(H,3,4,5);1H2. The maximum Gasteiger partial charge on any atom is 0.0690 e. The largest absolute Gasteiger partial charge is 0.412 e. The summed E-state index contributed by atoms with van der Waals surface area (Å²) in [6, 6.07) is 0. The Morgan fingerprint density at radius 3 is 0.714 bits per heavy atom. The molecule has 0 radical (unpaired) electrons. The third-order valence-corrected chi connectivity index (χ3v) is 1.32. The fraction of sp³-hybridized carbons (Fsp3) is 0. The number of hydrogen-bond donors (Lipinski definition) is 4. The summed E-state index contributed by atoms with van der Waals surface area (Å²) in [5.74, 6) is 0. The van der Waals surface area contributed by atoms with Gasteiger partial charge in [0.1, 0.15) is 0 Å². The third kappa shape index (κ3) is 12.8. The lowest BCUT2D eigenvalue weighted by atomic mass is 11.0. The van der Waals surface area contributed by atoms with E-state index >= 15 is 0 Å². The molecule has 6 N–H and O–H groups in total. The summed E-state index contributed by atoms with van der Waals surface area (Å²) in [6.45, 7) is 0. The third-order valence-electron chi connectivity index (χ3n) is 1.32. The average Bonchev–Trinajstić information content (AvgIpc) is 3.40. The summed E-state index contributed by atoms with van der Waals surface area (Å²) < 4.78 is 0. The molecule has 0 unspecified atom stereocenters. The van der Waals surface area contributed by atoms with E-state index in [-0.39, 0.29) is 5.48 Å². The van der Waals surface area contributed by atoms with Crippen LogP contribution in [0.4, 0.5) is 0 Å². The summed E-state index contributed by atoms with van der Waals surface area (Å²) in [6.07, 6.45) is 12.9. The van der Waals surface area contributed by atoms with E-state index in [0.717, 1.165) is 0 Å². The topological polar surface area (TPSA) is 198 Å². The molecule has 13 nitrogen and oxygen atoms in total. The van der Waals surface area contributed by atoms with Crippen LogP contribution in [-0.2, 0) is 0 Å². The molecule has 4 heterocycles. The number of H-pyrrole nitrogens is 4. The van der Waals surface area contributed by atoms with Gasteiger partial charge in [-0.05, 0) is 0 Å². The van der Waals surface area contributed by atoms with E-state index in [2.05, 4.69) is 61.6 Å². The quantitative estimate of drug-likeness (QED) is 0.297. The fourth-order valence-corrected chi connectivity index (χ4v) is 0.667. The van der Waals surface area contributed by atoms with E-state index in [1.165, 1.54) is 0 Å². The van der Waals surface area contributed by atoms with E-state index in [1.807, 2.05) is 0 Å². The van der Waals surface area contributed by atoms with Crippen molar-refractivity contribution in [3.63, 3.8) is 0 Å². The molecule has 0 saturated heterocycles. The van der Waals surface area contributed by atoms with Gasteiger partial charge in [-0.2, -0.15) is 0 Å². The Hall–Kier alpha value is -3.48. The lowest BCUT2D eigenvalue weighted by Gasteiger charge is -1.46. The molecular weight excluding hydrogens is 280 g/mol. The van der Waals surface area contributed by atoms with Crippen LogP contribution in [0.5, 0.6) is 0 Å². The first-order chi connectivity index (χ1) is 10.0. The number of hydrogen-bond acceptors (Lipinski definition) is 8. The highest BCUT2D eigenvalue weighted by Crippen LogP contribution is 1.57. The van der Waals surface area contributed by atoms with Gasteiger partial charge in [-0.3, -0.25) is 20.4 Å². The summed E-state index contributed by atoms with van der Waals surface area (Å²) in [7, 11) is 0. The van der Waals surface area contributed by atoms with Gasteiger partial charge in [0.15, 0.2) is 0 Å². The van der Waals surface area contributed by atoms with Crippen LogP contribution in [0, 0.1) is 0 Å². The number of rotatable bonds is 0. The molecule has 0 amide bonds. The zero-order valence-corrected chi connectivity index (χ0v) is 10.7. The molecule has 4 aromatic heterocycles. The molecule has 0 saturated carbocycles. The number of nitrogens with zero attached hydrogens (tertiary/aromatic N) is 8. The predicted octanol–water partition coefficient (Wildman–Crippen LogP) is -1.61. The first kappa shape index (κ1) is 17.5. The lowest BCUT2D eigenvalue weighted by Crippen LogP contribution is -1.61. The SMILES string of the molecule is O.c1c[nH]nn1.c1c[nH]nn1.c1c[nH]nn1.c1c[nH]nn1. The maximum atomic E-state index is 3.42. The number of aromatic amines is 4. The van der Waals surface area contributed by atoms with Crippen LogP contribution >= 0.6 is 0 Å². The van der Waals surface area contributed by atoms with E-state index in [9.17, 15) is 0 Å². The molecule has 0 aliphatic carbocycles. The fourth-order valence-electron chi connectivity index (χ4n) is 0.667. The molecule has 0 aliphatic rings. The first-order valence-corrected chi connectivity index (χ1v) is 5.22. The van der Waals surface area contributed by atoms with Gasteiger partial charge in [-0.25, -0.2) is 0 Å². The van der Waals surface area contributed by atoms with Crippen molar-refractivity contribution in [2.24, 2.45) is 0 Å². The molecule has 0 bridgehead atoms. The molecule has 0 fully saturated rings. The van der Waals surface area contributed by atoms with Crippen LogP contribution in [0.15, 0.2) is 49.6 Å². The van der Waals surface area contributed by atoms with Gasteiger partial charge in [0, 0.05) is 24.8 Å². The van der Waals surface area contributed by atoms with Crippen LogP contribution in [0.2, 0.25) is 0 Å². The van der Waals surface area contributed by atoms with Crippen LogP contribution in [-0.4, -0.2) is 67.1 Å². The Kier molecular flexibility index (Phi) is 12.2. The number of aromatic nitrogens is 12. The van der Waals surface area contributed by atoms with Gasteiger partial charge >= 0.3 is 0 Å². The van der Waals surface area contributed by atoms with Crippen LogP contribution < -0.4 is 0 Å². The summed E-state index contributed by atoms with van der Waals surface area (Å²) in [5, 5.41) is 37.1. The van der Waals surface area contributed by atoms with Gasteiger partial charge in [0.2, 0.25) is 0 Å². The first-order valence-electron chi connectivity index (χ1n) is 5.22. The second kappa shape index (κ2) is 14.6. The minimum Gasteiger partial charge on any atom is -0.412 e. The van der Waals surface area contributed by atoms with Crippen molar-refractivity contribution < 1.29 is 5.48 Å². The monoisotopic (exact) mass is 294 g/mol. The van der Waals surface area contributed by atoms with Crippen LogP contribution in [0.1, 0.15) is 0 Å². The van der Waals surface area contributed by atoms with Gasteiger partial charge < -0.3 is 5.48 Å². The normalized spacial score (nSPS) is 7.62. The smallest absolute Gasteiger partial charge is 0.0690 e. The lowest BCUT2D eigenvalue weighted by molar-refractivity contribution is 0.824. The molecule has 112 valence electrons. The molecule has 0 aromatic carbocycles. The highest BCUT2D eigenvalue weighted by Gasteiger charge is 1.59.